The van der Waals surface area contributed by atoms with Gasteiger partial charge < -0.3 is 35.2 Å². The average Bonchev–Trinajstić information content (AvgIpc) is 2.95. The van der Waals surface area contributed by atoms with E-state index in [2.05, 4.69) is 18.7 Å². The summed E-state index contributed by atoms with van der Waals surface area (Å²) < 4.78 is 12.1. The van der Waals surface area contributed by atoms with Crippen molar-refractivity contribution < 1.29 is 24.5 Å². The number of hydrogen-bond acceptors (Lipinski definition) is 8. The molecule has 0 aliphatic carbocycles. The average molecular weight is 606 g/mol. The highest BCUT2D eigenvalue weighted by atomic mass is 16.5. The minimum Gasteiger partial charge on any atom is -0.490 e. The van der Waals surface area contributed by atoms with E-state index < -0.39 is 17.2 Å². The number of nitrogens with two attached hydrogens (primary N) is 1. The number of para-hydroxylation sites is 1. The number of nitrogens with zero attached hydrogens (tertiary/aromatic N) is 2. The molecule has 1 atom stereocenters. The molecule has 0 radical (unpaired) electrons. The maximum Gasteiger partial charge on any atom is 0.193 e. The van der Waals surface area contributed by atoms with Gasteiger partial charge in [-0.15, -0.1) is 0 Å². The number of benzene rings is 3. The summed E-state index contributed by atoms with van der Waals surface area (Å²) >= 11 is 0. The molecule has 0 bridgehead atoms. The third-order valence-corrected chi connectivity index (χ3v) is 7.51. The van der Waals surface area contributed by atoms with Gasteiger partial charge in [0.25, 0.3) is 0 Å². The number of rotatable bonds is 16. The molecule has 0 amide bonds. The number of carbonyl (C=O) groups is 1. The summed E-state index contributed by atoms with van der Waals surface area (Å²) in [6.07, 6.45) is -0.557. The normalized spacial score (nSPS) is 12.6. The lowest BCUT2D eigenvalue weighted by Gasteiger charge is -2.27. The molecule has 4 N–H and O–H groups in total. The Hall–Kier alpha value is -3.43. The van der Waals surface area contributed by atoms with E-state index in [1.165, 1.54) is 0 Å². The first-order chi connectivity index (χ1) is 20.6. The van der Waals surface area contributed by atoms with Crippen molar-refractivity contribution in [3.8, 4) is 5.75 Å². The van der Waals surface area contributed by atoms with E-state index in [0.717, 1.165) is 41.2 Å². The second-order valence-electron chi connectivity index (χ2n) is 12.8. The molecule has 0 aromatic heterocycles. The standard InChI is InChI=1S/C36H51N3O5/c1-9-39(10-2)28-16-14-25(15-17-28)33(41)31-19-18-29(38(7)8)20-27(31)22-43-23-30(40)24-44-34-26(21-35(3,4)42)12-11-13-32(34)36(5,6)37/h11-20,30,40,42H,9-10,21-24,37H2,1-8H3. The molecule has 0 saturated heterocycles. The van der Waals surface area contributed by atoms with Crippen LogP contribution < -0.4 is 20.3 Å². The van der Waals surface area contributed by atoms with Crippen LogP contribution in [0.5, 0.6) is 5.75 Å². The first-order valence-electron chi connectivity index (χ1n) is 15.4. The van der Waals surface area contributed by atoms with Crippen LogP contribution in [0.4, 0.5) is 11.4 Å². The van der Waals surface area contributed by atoms with Gasteiger partial charge in [-0.3, -0.25) is 4.79 Å². The van der Waals surface area contributed by atoms with Crippen LogP contribution in [0.25, 0.3) is 0 Å². The lowest BCUT2D eigenvalue weighted by Crippen LogP contribution is -2.32. The molecule has 240 valence electrons. The fourth-order valence-corrected chi connectivity index (χ4v) is 5.17. The second kappa shape index (κ2) is 15.0. The van der Waals surface area contributed by atoms with E-state index in [0.29, 0.717) is 23.3 Å². The maximum atomic E-state index is 13.6. The first-order valence-corrected chi connectivity index (χ1v) is 15.4. The smallest absolute Gasteiger partial charge is 0.193 e. The second-order valence-corrected chi connectivity index (χ2v) is 12.8. The van der Waals surface area contributed by atoms with E-state index in [-0.39, 0.29) is 25.6 Å². The predicted molar refractivity (Wildman–Crippen MR) is 179 cm³/mol. The number of ether oxygens (including phenoxy) is 2. The molecule has 0 aliphatic rings. The fraction of sp³-hybridized carbons (Fsp3) is 0.472. The van der Waals surface area contributed by atoms with E-state index >= 15 is 0 Å². The van der Waals surface area contributed by atoms with Crippen LogP contribution in [0.2, 0.25) is 0 Å². The van der Waals surface area contributed by atoms with Crippen molar-refractivity contribution in [3.05, 3.63) is 88.5 Å². The Morgan fingerprint density at radius 2 is 1.55 bits per heavy atom. The van der Waals surface area contributed by atoms with Crippen LogP contribution in [0.1, 0.15) is 74.2 Å². The van der Waals surface area contributed by atoms with Crippen LogP contribution in [0, 0.1) is 0 Å². The van der Waals surface area contributed by atoms with E-state index in [4.69, 9.17) is 15.2 Å². The molecule has 3 aromatic rings. The van der Waals surface area contributed by atoms with Crippen molar-refractivity contribution in [3.63, 3.8) is 0 Å². The topological polar surface area (TPSA) is 108 Å². The number of carbonyl (C=O) groups excluding carboxylic acids is 1. The quantitative estimate of drug-likeness (QED) is 0.189. The molecular formula is C36H51N3O5. The lowest BCUT2D eigenvalue weighted by molar-refractivity contribution is 0.00460. The van der Waals surface area contributed by atoms with Crippen molar-refractivity contribution >= 4 is 17.2 Å². The molecule has 0 spiro atoms. The number of ketones is 1. The van der Waals surface area contributed by atoms with Crippen molar-refractivity contribution in [1.29, 1.82) is 0 Å². The molecule has 3 aromatic carbocycles. The molecular weight excluding hydrogens is 554 g/mol. The molecule has 8 nitrogen and oxygen atoms in total. The summed E-state index contributed by atoms with van der Waals surface area (Å²) in [7, 11) is 3.89. The zero-order chi connectivity index (χ0) is 32.7. The number of aliphatic hydroxyl groups excluding tert-OH is 1. The van der Waals surface area contributed by atoms with E-state index in [9.17, 15) is 15.0 Å². The summed E-state index contributed by atoms with van der Waals surface area (Å²) in [4.78, 5) is 17.8. The van der Waals surface area contributed by atoms with Gasteiger partial charge >= 0.3 is 0 Å². The molecule has 1 unspecified atom stereocenters. The van der Waals surface area contributed by atoms with Crippen molar-refractivity contribution in [1.82, 2.24) is 0 Å². The fourth-order valence-electron chi connectivity index (χ4n) is 5.17. The summed E-state index contributed by atoms with van der Waals surface area (Å²) in [5.41, 5.74) is 10.3. The van der Waals surface area contributed by atoms with E-state index in [1.54, 1.807) is 13.8 Å². The van der Waals surface area contributed by atoms with Gasteiger partial charge in [0.15, 0.2) is 5.78 Å². The summed E-state index contributed by atoms with van der Waals surface area (Å²) in [6, 6.07) is 19.1. The third kappa shape index (κ3) is 9.53. The third-order valence-electron chi connectivity index (χ3n) is 7.51. The molecule has 44 heavy (non-hydrogen) atoms. The monoisotopic (exact) mass is 605 g/mol. The van der Waals surface area contributed by atoms with Crippen LogP contribution in [0.3, 0.4) is 0 Å². The predicted octanol–water partition coefficient (Wildman–Crippen LogP) is 5.29. The van der Waals surface area contributed by atoms with Gasteiger partial charge in [-0.05, 0) is 95.1 Å². The van der Waals surface area contributed by atoms with Gasteiger partial charge in [-0.2, -0.15) is 0 Å². The zero-order valence-corrected chi connectivity index (χ0v) is 27.7. The SMILES string of the molecule is CCN(CC)c1ccc(C(=O)c2ccc(N(C)C)cc2COCC(O)COc2c(CC(C)(C)O)cccc2C(C)(C)N)cc1. The Balaban J connectivity index is 1.73. The highest BCUT2D eigenvalue weighted by Crippen LogP contribution is 2.33. The van der Waals surface area contributed by atoms with Gasteiger partial charge in [0.2, 0.25) is 0 Å². The molecule has 0 aliphatic heterocycles. The summed E-state index contributed by atoms with van der Waals surface area (Å²) in [6.45, 7) is 13.4. The molecule has 0 heterocycles. The summed E-state index contributed by atoms with van der Waals surface area (Å²) in [5, 5.41) is 21.3. The first kappa shape index (κ1) is 35.1. The minimum absolute atomic E-state index is 0.00734. The van der Waals surface area contributed by atoms with Crippen LogP contribution in [-0.2, 0) is 23.3 Å². The lowest BCUT2D eigenvalue weighted by atomic mass is 9.89. The van der Waals surface area contributed by atoms with Crippen molar-refractivity contribution in [2.45, 2.75) is 71.8 Å². The van der Waals surface area contributed by atoms with Gasteiger partial charge in [0.1, 0.15) is 18.5 Å². The van der Waals surface area contributed by atoms with Crippen LogP contribution in [0.15, 0.2) is 60.7 Å². The van der Waals surface area contributed by atoms with Crippen molar-refractivity contribution in [2.24, 2.45) is 5.73 Å². The molecule has 0 saturated carbocycles. The Morgan fingerprint density at radius 3 is 2.11 bits per heavy atom. The zero-order valence-electron chi connectivity index (χ0n) is 27.7. The maximum absolute atomic E-state index is 13.6. The van der Waals surface area contributed by atoms with Gasteiger partial charge in [0.05, 0.1) is 18.8 Å². The van der Waals surface area contributed by atoms with Crippen LogP contribution in [-0.4, -0.2) is 68.1 Å². The largest absolute Gasteiger partial charge is 0.490 e. The highest BCUT2D eigenvalue weighted by molar-refractivity contribution is 6.10. The minimum atomic E-state index is -0.944. The molecule has 3 rings (SSSR count). The van der Waals surface area contributed by atoms with Gasteiger partial charge in [-0.1, -0.05) is 18.2 Å². The van der Waals surface area contributed by atoms with E-state index in [1.807, 2.05) is 93.5 Å². The molecule has 8 heteroatoms. The number of aliphatic hydroxyl groups is 2. The van der Waals surface area contributed by atoms with Crippen LogP contribution >= 0.6 is 0 Å². The highest BCUT2D eigenvalue weighted by Gasteiger charge is 2.25. The Bertz CT molecular complexity index is 1370. The summed E-state index contributed by atoms with van der Waals surface area (Å²) in [5.74, 6) is 0.490. The van der Waals surface area contributed by atoms with Gasteiger partial charge in [0, 0.05) is 67.2 Å². The Labute approximate surface area is 263 Å². The van der Waals surface area contributed by atoms with Gasteiger partial charge in [-0.25, -0.2) is 0 Å². The molecule has 0 fully saturated rings. The Morgan fingerprint density at radius 1 is 0.909 bits per heavy atom. The van der Waals surface area contributed by atoms with Crippen molar-refractivity contribution in [2.75, 3.05) is 50.2 Å². The number of anilines is 2. The number of hydrogen-bond donors (Lipinski definition) is 3. The Kier molecular flexibility index (Phi) is 12.0.